The first-order valence-electron chi connectivity index (χ1n) is 9.90. The Hall–Kier alpha value is -2.19. The van der Waals surface area contributed by atoms with Crippen LogP contribution in [0.5, 0.6) is 0 Å². The van der Waals surface area contributed by atoms with Crippen molar-refractivity contribution in [3.8, 4) is 0 Å². The smallest absolute Gasteiger partial charge is 0.323 e. The van der Waals surface area contributed by atoms with Crippen molar-refractivity contribution in [3.05, 3.63) is 51.8 Å². The first-order chi connectivity index (χ1) is 14.0. The lowest BCUT2D eigenvalue weighted by molar-refractivity contribution is -0.113. The summed E-state index contributed by atoms with van der Waals surface area (Å²) in [6.45, 7) is 1.57. The van der Waals surface area contributed by atoms with Gasteiger partial charge in [-0.25, -0.2) is 9.18 Å². The molecule has 1 aliphatic carbocycles. The zero-order valence-corrected chi connectivity index (χ0v) is 17.7. The summed E-state index contributed by atoms with van der Waals surface area (Å²) in [4.78, 5) is 31.3. The van der Waals surface area contributed by atoms with Gasteiger partial charge >= 0.3 is 5.69 Å². The topological polar surface area (TPSA) is 67.2 Å². The molecule has 0 saturated carbocycles. The average molecular weight is 419 g/mol. The molecule has 1 amide bonds. The largest absolute Gasteiger partial charge is 0.348 e. The van der Waals surface area contributed by atoms with Gasteiger partial charge in [0, 0.05) is 17.8 Å². The summed E-state index contributed by atoms with van der Waals surface area (Å²) >= 11 is 1.25. The highest BCUT2D eigenvalue weighted by molar-refractivity contribution is 8.00. The van der Waals surface area contributed by atoms with Crippen LogP contribution in [0.1, 0.15) is 30.5 Å². The number of thioether (sulfide) groups is 1. The fraction of sp³-hybridized carbons (Fsp3) is 0.476. The predicted molar refractivity (Wildman–Crippen MR) is 114 cm³/mol. The number of carbonyl (C=O) groups is 1. The zero-order chi connectivity index (χ0) is 20.8. The van der Waals surface area contributed by atoms with E-state index in [0.717, 1.165) is 49.9 Å². The van der Waals surface area contributed by atoms with Crippen molar-refractivity contribution in [2.45, 2.75) is 43.7 Å². The van der Waals surface area contributed by atoms with Crippen molar-refractivity contribution in [3.63, 3.8) is 0 Å². The van der Waals surface area contributed by atoms with Crippen molar-refractivity contribution >= 4 is 23.4 Å². The van der Waals surface area contributed by atoms with Gasteiger partial charge in [-0.3, -0.25) is 9.36 Å². The van der Waals surface area contributed by atoms with E-state index in [-0.39, 0.29) is 23.0 Å². The molecule has 1 aromatic carbocycles. The molecule has 0 saturated heterocycles. The van der Waals surface area contributed by atoms with Crippen molar-refractivity contribution in [2.24, 2.45) is 0 Å². The van der Waals surface area contributed by atoms with Crippen LogP contribution in [0.3, 0.4) is 0 Å². The Balaban J connectivity index is 1.72. The van der Waals surface area contributed by atoms with Gasteiger partial charge in [-0.1, -0.05) is 23.9 Å². The lowest BCUT2D eigenvalue weighted by Crippen LogP contribution is -2.31. The summed E-state index contributed by atoms with van der Waals surface area (Å²) in [5, 5.41) is 3.21. The summed E-state index contributed by atoms with van der Waals surface area (Å²) in [6.07, 6.45) is 4.73. The van der Waals surface area contributed by atoms with E-state index in [1.54, 1.807) is 12.1 Å². The van der Waals surface area contributed by atoms with Crippen LogP contribution in [0.2, 0.25) is 0 Å². The highest BCUT2D eigenvalue weighted by Crippen LogP contribution is 2.28. The minimum absolute atomic E-state index is 0.0812. The van der Waals surface area contributed by atoms with Gasteiger partial charge in [0.25, 0.3) is 0 Å². The minimum Gasteiger partial charge on any atom is -0.323 e. The predicted octanol–water partition coefficient (Wildman–Crippen LogP) is 2.94. The zero-order valence-electron chi connectivity index (χ0n) is 16.9. The van der Waals surface area contributed by atoms with Gasteiger partial charge in [-0.05, 0) is 64.9 Å². The summed E-state index contributed by atoms with van der Waals surface area (Å²) in [5.41, 5.74) is 2.06. The van der Waals surface area contributed by atoms with Gasteiger partial charge in [-0.15, -0.1) is 0 Å². The van der Waals surface area contributed by atoms with Gasteiger partial charge in [0.1, 0.15) is 10.8 Å². The normalized spacial score (nSPS) is 13.4. The number of anilines is 1. The molecule has 0 atom stereocenters. The Labute approximate surface area is 174 Å². The van der Waals surface area contributed by atoms with Crippen LogP contribution >= 0.6 is 11.8 Å². The third-order valence-corrected chi connectivity index (χ3v) is 5.94. The van der Waals surface area contributed by atoms with Crippen LogP contribution in [0.15, 0.2) is 34.1 Å². The molecule has 2 aromatic rings. The molecule has 0 radical (unpaired) electrons. The van der Waals surface area contributed by atoms with E-state index in [1.807, 2.05) is 18.7 Å². The number of nitrogens with zero attached hydrogens (tertiary/aromatic N) is 3. The Morgan fingerprint density at radius 3 is 2.79 bits per heavy atom. The molecule has 0 aliphatic heterocycles. The summed E-state index contributed by atoms with van der Waals surface area (Å²) < 4.78 is 15.5. The molecule has 156 valence electrons. The maximum atomic E-state index is 13.7. The first kappa shape index (κ1) is 21.5. The quantitative estimate of drug-likeness (QED) is 0.527. The maximum Gasteiger partial charge on any atom is 0.348 e. The van der Waals surface area contributed by atoms with Gasteiger partial charge in [0.2, 0.25) is 5.91 Å². The average Bonchev–Trinajstić information content (AvgIpc) is 2.69. The van der Waals surface area contributed by atoms with Crippen LogP contribution in [0.25, 0.3) is 0 Å². The SMILES string of the molecule is CN(C)CCCn1c2c(c(SCC(=O)Nc3ccccc3F)nc1=O)CCCC2. The monoisotopic (exact) mass is 418 g/mol. The van der Waals surface area contributed by atoms with Gasteiger partial charge in [0.05, 0.1) is 11.4 Å². The van der Waals surface area contributed by atoms with Crippen LogP contribution in [-0.2, 0) is 24.2 Å². The molecule has 0 spiro atoms. The van der Waals surface area contributed by atoms with Crippen molar-refractivity contribution in [1.29, 1.82) is 0 Å². The van der Waals surface area contributed by atoms with Crippen LogP contribution in [0.4, 0.5) is 10.1 Å². The molecule has 3 rings (SSSR count). The van der Waals surface area contributed by atoms with Crippen molar-refractivity contribution in [2.75, 3.05) is 31.7 Å². The second-order valence-electron chi connectivity index (χ2n) is 7.46. The van der Waals surface area contributed by atoms with Crippen molar-refractivity contribution < 1.29 is 9.18 Å². The first-order valence-corrected chi connectivity index (χ1v) is 10.9. The molecular formula is C21H27FN4O2S. The standard InChI is InChI=1S/C21H27FN4O2S/c1-25(2)12-7-13-26-18-11-6-3-8-15(18)20(24-21(26)28)29-14-19(27)23-17-10-5-4-9-16(17)22/h4-5,9-10H,3,6-8,11-14H2,1-2H3,(H,23,27). The summed E-state index contributed by atoms with van der Waals surface area (Å²) in [6, 6.07) is 6.06. The van der Waals surface area contributed by atoms with Gasteiger partial charge in [-0.2, -0.15) is 4.98 Å². The molecular weight excluding hydrogens is 391 g/mol. The van der Waals surface area contributed by atoms with E-state index in [1.165, 1.54) is 23.9 Å². The van der Waals surface area contributed by atoms with Gasteiger partial charge < -0.3 is 10.2 Å². The van der Waals surface area contributed by atoms with Gasteiger partial charge in [0.15, 0.2) is 0 Å². The Morgan fingerprint density at radius 1 is 1.28 bits per heavy atom. The number of nitrogens with one attached hydrogen (secondary N) is 1. The molecule has 6 nitrogen and oxygen atoms in total. The Morgan fingerprint density at radius 2 is 2.03 bits per heavy atom. The summed E-state index contributed by atoms with van der Waals surface area (Å²) in [7, 11) is 4.03. The fourth-order valence-corrected chi connectivity index (χ4v) is 4.40. The second kappa shape index (κ2) is 10.0. The number of hydrogen-bond donors (Lipinski definition) is 1. The van der Waals surface area contributed by atoms with Crippen molar-refractivity contribution in [1.82, 2.24) is 14.5 Å². The molecule has 8 heteroatoms. The highest BCUT2D eigenvalue weighted by Gasteiger charge is 2.21. The second-order valence-corrected chi connectivity index (χ2v) is 8.42. The molecule has 1 aliphatic rings. The third-order valence-electron chi connectivity index (χ3n) is 4.93. The number of benzene rings is 1. The molecule has 1 aromatic heterocycles. The van der Waals surface area contributed by atoms with E-state index >= 15 is 0 Å². The Kier molecular flexibility index (Phi) is 7.44. The lowest BCUT2D eigenvalue weighted by atomic mass is 9.97. The number of carbonyl (C=O) groups excluding carboxylic acids is 1. The van der Waals surface area contributed by atoms with Crippen LogP contribution in [-0.4, -0.2) is 46.8 Å². The van der Waals surface area contributed by atoms with E-state index < -0.39 is 5.82 Å². The number of rotatable bonds is 8. The van der Waals surface area contributed by atoms with E-state index in [4.69, 9.17) is 0 Å². The lowest BCUT2D eigenvalue weighted by Gasteiger charge is -2.23. The molecule has 29 heavy (non-hydrogen) atoms. The van der Waals surface area contributed by atoms with E-state index in [0.29, 0.717) is 11.6 Å². The molecule has 0 bridgehead atoms. The number of halogens is 1. The van der Waals surface area contributed by atoms with Crippen LogP contribution < -0.4 is 11.0 Å². The number of para-hydroxylation sites is 1. The van der Waals surface area contributed by atoms with Crippen LogP contribution in [0, 0.1) is 5.82 Å². The maximum absolute atomic E-state index is 13.7. The fourth-order valence-electron chi connectivity index (χ4n) is 3.53. The number of amides is 1. The number of fused-ring (bicyclic) bond motifs is 1. The number of hydrogen-bond acceptors (Lipinski definition) is 5. The number of aromatic nitrogens is 2. The molecule has 1 heterocycles. The summed E-state index contributed by atoms with van der Waals surface area (Å²) in [5.74, 6) is -0.707. The molecule has 0 unspecified atom stereocenters. The highest BCUT2D eigenvalue weighted by atomic mass is 32.2. The Bertz CT molecular complexity index is 929. The van der Waals surface area contributed by atoms with E-state index in [9.17, 15) is 14.0 Å². The molecule has 0 fully saturated rings. The third kappa shape index (κ3) is 5.67. The van der Waals surface area contributed by atoms with E-state index in [2.05, 4.69) is 15.2 Å². The minimum atomic E-state index is -0.471. The molecule has 1 N–H and O–H groups in total.